The normalized spacial score (nSPS) is 11.9. The lowest BCUT2D eigenvalue weighted by Crippen LogP contribution is -2.52. The molecule has 0 aromatic heterocycles. The molecule has 3 aromatic rings. The van der Waals surface area contributed by atoms with Gasteiger partial charge < -0.3 is 15.0 Å². The summed E-state index contributed by atoms with van der Waals surface area (Å²) < 4.78 is 33.9. The second-order valence-electron chi connectivity index (χ2n) is 9.01. The molecule has 3 aromatic carbocycles. The van der Waals surface area contributed by atoms with Crippen LogP contribution in [0.15, 0.2) is 77.7 Å². The molecular formula is C29H33Cl2N3O5S. The fourth-order valence-electron chi connectivity index (χ4n) is 4.13. The second kappa shape index (κ2) is 14.4. The van der Waals surface area contributed by atoms with Crippen LogP contribution in [0.5, 0.6) is 5.75 Å². The van der Waals surface area contributed by atoms with Crippen molar-refractivity contribution in [3.8, 4) is 5.75 Å². The number of methoxy groups -OCH3 is 1. The average Bonchev–Trinajstić information content (AvgIpc) is 2.95. The molecule has 8 nitrogen and oxygen atoms in total. The van der Waals surface area contributed by atoms with Gasteiger partial charge in [0.25, 0.3) is 10.0 Å². The first kappa shape index (κ1) is 31.3. The number of halogens is 2. The lowest BCUT2D eigenvalue weighted by Gasteiger charge is -2.33. The van der Waals surface area contributed by atoms with Crippen LogP contribution in [0.4, 0.5) is 5.69 Å². The number of nitrogens with zero attached hydrogens (tertiary/aromatic N) is 2. The van der Waals surface area contributed by atoms with Gasteiger partial charge in [-0.15, -0.1) is 0 Å². The molecule has 0 spiro atoms. The van der Waals surface area contributed by atoms with E-state index in [0.29, 0.717) is 23.7 Å². The summed E-state index contributed by atoms with van der Waals surface area (Å²) in [6, 6.07) is 18.4. The van der Waals surface area contributed by atoms with Crippen molar-refractivity contribution in [2.24, 2.45) is 0 Å². The van der Waals surface area contributed by atoms with Crippen LogP contribution in [0.25, 0.3) is 0 Å². The zero-order valence-electron chi connectivity index (χ0n) is 22.6. The Kier molecular flexibility index (Phi) is 11.2. The molecule has 0 bridgehead atoms. The van der Waals surface area contributed by atoms with E-state index < -0.39 is 28.5 Å². The fourth-order valence-corrected chi connectivity index (χ4v) is 6.14. The van der Waals surface area contributed by atoms with Crippen LogP contribution in [0.3, 0.4) is 0 Å². The molecule has 1 atom stereocenters. The molecule has 214 valence electrons. The number of carbonyl (C=O) groups excluding carboxylic acids is 2. The minimum absolute atomic E-state index is 0.0109. The number of rotatable bonds is 13. The van der Waals surface area contributed by atoms with Gasteiger partial charge in [-0.25, -0.2) is 8.42 Å². The maximum atomic E-state index is 14.0. The van der Waals surface area contributed by atoms with Crippen LogP contribution in [-0.2, 0) is 26.2 Å². The molecule has 2 amide bonds. The zero-order chi connectivity index (χ0) is 29.3. The van der Waals surface area contributed by atoms with Crippen molar-refractivity contribution < 1.29 is 22.7 Å². The van der Waals surface area contributed by atoms with Gasteiger partial charge in [-0.1, -0.05) is 67.4 Å². The van der Waals surface area contributed by atoms with Gasteiger partial charge in [0, 0.05) is 18.1 Å². The SMILES string of the molecule is CCCNC(=O)C(CC)N(Cc1ccc(OC)cc1)C(=O)CN(c1ccc(Cl)cc1Cl)S(=O)(=O)c1ccccc1. The van der Waals surface area contributed by atoms with E-state index in [4.69, 9.17) is 27.9 Å². The molecule has 0 saturated carbocycles. The number of sulfonamides is 1. The largest absolute Gasteiger partial charge is 0.497 e. The van der Waals surface area contributed by atoms with E-state index >= 15 is 0 Å². The number of hydrogen-bond donors (Lipinski definition) is 1. The highest BCUT2D eigenvalue weighted by Gasteiger charge is 2.34. The molecule has 0 saturated heterocycles. The number of ether oxygens (including phenoxy) is 1. The van der Waals surface area contributed by atoms with Gasteiger partial charge in [0.1, 0.15) is 18.3 Å². The van der Waals surface area contributed by atoms with E-state index in [-0.39, 0.29) is 28.1 Å². The highest BCUT2D eigenvalue weighted by molar-refractivity contribution is 7.92. The van der Waals surface area contributed by atoms with E-state index in [1.807, 2.05) is 6.92 Å². The number of benzene rings is 3. The molecule has 11 heteroatoms. The zero-order valence-corrected chi connectivity index (χ0v) is 25.0. The van der Waals surface area contributed by atoms with E-state index in [0.717, 1.165) is 16.3 Å². The minimum atomic E-state index is -4.23. The highest BCUT2D eigenvalue weighted by atomic mass is 35.5. The lowest BCUT2D eigenvalue weighted by molar-refractivity contribution is -0.140. The Balaban J connectivity index is 2.06. The topological polar surface area (TPSA) is 96.0 Å². The Morgan fingerprint density at radius 3 is 2.23 bits per heavy atom. The first-order chi connectivity index (χ1) is 19.1. The van der Waals surface area contributed by atoms with Crippen molar-refractivity contribution in [2.75, 3.05) is 24.5 Å². The molecule has 0 aliphatic rings. The molecule has 0 fully saturated rings. The second-order valence-corrected chi connectivity index (χ2v) is 11.7. The van der Waals surface area contributed by atoms with E-state index in [1.165, 1.54) is 35.2 Å². The summed E-state index contributed by atoms with van der Waals surface area (Å²) in [4.78, 5) is 28.6. The molecule has 40 heavy (non-hydrogen) atoms. The van der Waals surface area contributed by atoms with E-state index in [9.17, 15) is 18.0 Å². The van der Waals surface area contributed by atoms with Gasteiger partial charge >= 0.3 is 0 Å². The van der Waals surface area contributed by atoms with Crippen molar-refractivity contribution >= 4 is 50.7 Å². The first-order valence-corrected chi connectivity index (χ1v) is 15.0. The fraction of sp³-hybridized carbons (Fsp3) is 0.310. The highest BCUT2D eigenvalue weighted by Crippen LogP contribution is 2.33. The summed E-state index contributed by atoms with van der Waals surface area (Å²) in [6.45, 7) is 3.68. The maximum Gasteiger partial charge on any atom is 0.264 e. The molecule has 1 N–H and O–H groups in total. The van der Waals surface area contributed by atoms with Crippen LogP contribution in [0.2, 0.25) is 10.0 Å². The van der Waals surface area contributed by atoms with Gasteiger partial charge in [0.05, 0.1) is 22.7 Å². The van der Waals surface area contributed by atoms with Crippen molar-refractivity contribution in [3.63, 3.8) is 0 Å². The predicted octanol–water partition coefficient (Wildman–Crippen LogP) is 5.53. The number of amides is 2. The Hall–Kier alpha value is -3.27. The van der Waals surface area contributed by atoms with Crippen LogP contribution in [0, 0.1) is 0 Å². The van der Waals surface area contributed by atoms with E-state index in [2.05, 4.69) is 5.32 Å². The number of anilines is 1. The quantitative estimate of drug-likeness (QED) is 0.276. The monoisotopic (exact) mass is 605 g/mol. The molecule has 0 radical (unpaired) electrons. The van der Waals surface area contributed by atoms with Gasteiger partial charge in [0.2, 0.25) is 11.8 Å². The van der Waals surface area contributed by atoms with Gasteiger partial charge in [-0.05, 0) is 60.9 Å². The third-order valence-electron chi connectivity index (χ3n) is 6.24. The molecule has 0 aliphatic carbocycles. The van der Waals surface area contributed by atoms with Gasteiger partial charge in [0.15, 0.2) is 0 Å². The Labute approximate surface area is 245 Å². The van der Waals surface area contributed by atoms with Gasteiger partial charge in [-0.3, -0.25) is 13.9 Å². The lowest BCUT2D eigenvalue weighted by atomic mass is 10.1. The molecular weight excluding hydrogens is 573 g/mol. The summed E-state index contributed by atoms with van der Waals surface area (Å²) in [7, 11) is -2.67. The maximum absolute atomic E-state index is 14.0. The average molecular weight is 607 g/mol. The van der Waals surface area contributed by atoms with Crippen molar-refractivity contribution in [1.29, 1.82) is 0 Å². The van der Waals surface area contributed by atoms with Crippen LogP contribution >= 0.6 is 23.2 Å². The molecule has 0 aliphatic heterocycles. The standard InChI is InChI=1S/C29H33Cl2N3O5S/c1-4-17-32-29(36)26(5-2)33(19-21-11-14-23(39-3)15-12-21)28(35)20-34(27-16-13-22(30)18-25(27)31)40(37,38)24-9-7-6-8-10-24/h6-16,18,26H,4-5,17,19-20H2,1-3H3,(H,32,36). The van der Waals surface area contributed by atoms with E-state index in [1.54, 1.807) is 56.5 Å². The van der Waals surface area contributed by atoms with Crippen molar-refractivity contribution in [1.82, 2.24) is 10.2 Å². The smallest absolute Gasteiger partial charge is 0.264 e. The van der Waals surface area contributed by atoms with Crippen molar-refractivity contribution in [3.05, 3.63) is 88.4 Å². The number of nitrogens with one attached hydrogen (secondary N) is 1. The summed E-state index contributed by atoms with van der Waals surface area (Å²) in [5, 5.41) is 3.24. The molecule has 1 unspecified atom stereocenters. The molecule has 0 heterocycles. The van der Waals surface area contributed by atoms with Crippen molar-refractivity contribution in [2.45, 2.75) is 44.2 Å². The predicted molar refractivity (Wildman–Crippen MR) is 158 cm³/mol. The Morgan fingerprint density at radius 2 is 1.65 bits per heavy atom. The summed E-state index contributed by atoms with van der Waals surface area (Å²) in [5.41, 5.74) is 0.842. The Bertz CT molecular complexity index is 1400. The Morgan fingerprint density at radius 1 is 0.975 bits per heavy atom. The summed E-state index contributed by atoms with van der Waals surface area (Å²) in [6.07, 6.45) is 1.05. The first-order valence-electron chi connectivity index (χ1n) is 12.8. The molecule has 3 rings (SSSR count). The third-order valence-corrected chi connectivity index (χ3v) is 8.55. The van der Waals surface area contributed by atoms with Crippen LogP contribution < -0.4 is 14.4 Å². The number of carbonyl (C=O) groups is 2. The minimum Gasteiger partial charge on any atom is -0.497 e. The summed E-state index contributed by atoms with van der Waals surface area (Å²) >= 11 is 12.5. The van der Waals surface area contributed by atoms with Crippen LogP contribution in [-0.4, -0.2) is 51.4 Å². The summed E-state index contributed by atoms with van der Waals surface area (Å²) in [5.74, 6) is -0.236. The third kappa shape index (κ3) is 7.68. The van der Waals surface area contributed by atoms with Gasteiger partial charge in [-0.2, -0.15) is 0 Å². The number of hydrogen-bond acceptors (Lipinski definition) is 5. The van der Waals surface area contributed by atoms with Crippen LogP contribution in [0.1, 0.15) is 32.3 Å².